The van der Waals surface area contributed by atoms with Crippen LogP contribution in [-0.4, -0.2) is 0 Å². The second kappa shape index (κ2) is 2.63. The number of benzene rings is 1. The minimum Gasteiger partial charge on any atom is -0.422 e. The quantitative estimate of drug-likeness (QED) is 0.567. The maximum Gasteiger partial charge on any atom is 0.359 e. The van der Waals surface area contributed by atoms with Crippen LogP contribution in [0.4, 0.5) is 19.4 Å². The van der Waals surface area contributed by atoms with Gasteiger partial charge < -0.3 is 4.42 Å². The van der Waals surface area contributed by atoms with Gasteiger partial charge in [-0.2, -0.15) is 0 Å². The lowest BCUT2D eigenvalue weighted by molar-refractivity contribution is 0.355. The molecule has 17 heavy (non-hydrogen) atoms. The molecule has 0 aliphatic rings. The number of fused-ring (bicyclic) bond motifs is 1. The van der Waals surface area contributed by atoms with Gasteiger partial charge in [0, 0.05) is 5.39 Å². The molecule has 0 saturated heterocycles. The first kappa shape index (κ1) is 11.9. The van der Waals surface area contributed by atoms with Gasteiger partial charge >= 0.3 is 15.8 Å². The third-order valence-corrected chi connectivity index (χ3v) is 3.14. The molecule has 1 aromatic heterocycles. The maximum atomic E-state index is 12.5. The lowest BCUT2D eigenvalue weighted by atomic mass is 10.2. The highest BCUT2D eigenvalue weighted by Crippen LogP contribution is 3.01. The number of para-hydroxylation sites is 1. The Morgan fingerprint density at radius 2 is 1.59 bits per heavy atom. The molecule has 0 atom stereocenters. The van der Waals surface area contributed by atoms with Gasteiger partial charge in [0.15, 0.2) is 4.90 Å². The highest BCUT2D eigenvalue weighted by Gasteiger charge is 2.68. The average molecular weight is 272 g/mol. The monoisotopic (exact) mass is 272 g/mol. The zero-order chi connectivity index (χ0) is 13.0. The Morgan fingerprint density at radius 1 is 1.00 bits per heavy atom. The van der Waals surface area contributed by atoms with E-state index in [9.17, 15) is 24.2 Å². The fourth-order valence-corrected chi connectivity index (χ4v) is 2.02. The van der Waals surface area contributed by atoms with E-state index in [1.54, 1.807) is 0 Å². The van der Waals surface area contributed by atoms with Crippen molar-refractivity contribution in [2.75, 3.05) is 0 Å². The predicted octanol–water partition coefficient (Wildman–Crippen LogP) is 4.45. The Labute approximate surface area is 91.4 Å². The van der Waals surface area contributed by atoms with Gasteiger partial charge in [0.05, 0.1) is 0 Å². The smallest absolute Gasteiger partial charge is 0.359 e. The Bertz CT molecular complexity index is 658. The summed E-state index contributed by atoms with van der Waals surface area (Å²) in [4.78, 5) is 8.43. The maximum absolute atomic E-state index is 12.5. The van der Waals surface area contributed by atoms with Gasteiger partial charge in [-0.15, -0.1) is 0 Å². The summed E-state index contributed by atoms with van der Waals surface area (Å²) in [6, 6.07) is 5.22. The van der Waals surface area contributed by atoms with E-state index in [2.05, 4.69) is 4.42 Å². The second-order valence-corrected chi connectivity index (χ2v) is 5.78. The van der Waals surface area contributed by atoms with Gasteiger partial charge in [0.1, 0.15) is 5.58 Å². The molecule has 8 heteroatoms. The van der Waals surface area contributed by atoms with Crippen molar-refractivity contribution in [2.45, 2.75) is 4.90 Å². The second-order valence-electron chi connectivity index (χ2n) is 3.40. The normalized spacial score (nSPS) is 16.5. The largest absolute Gasteiger partial charge is 0.422 e. The molecule has 2 aromatic rings. The van der Waals surface area contributed by atoms with Crippen molar-refractivity contribution >= 4 is 21.2 Å². The number of halogens is 5. The lowest BCUT2D eigenvalue weighted by Gasteiger charge is -2.39. The molecule has 0 N–H and O–H groups in total. The van der Waals surface area contributed by atoms with Crippen molar-refractivity contribution in [3.8, 4) is 0 Å². The van der Waals surface area contributed by atoms with Crippen molar-refractivity contribution in [3.63, 3.8) is 0 Å². The molecular weight excluding hydrogens is 267 g/mol. The molecule has 0 saturated carbocycles. The fourth-order valence-electron chi connectivity index (χ4n) is 1.31. The highest BCUT2D eigenvalue weighted by molar-refractivity contribution is 8.45. The van der Waals surface area contributed by atoms with Crippen LogP contribution in [0.3, 0.4) is 0 Å². The minimum atomic E-state index is -10.0. The molecule has 0 amide bonds. The summed E-state index contributed by atoms with van der Waals surface area (Å²) in [6.07, 6.45) is 0. The summed E-state index contributed by atoms with van der Waals surface area (Å²) in [5, 5.41) is -0.213. The van der Waals surface area contributed by atoms with Gasteiger partial charge in [-0.05, 0) is 12.1 Å². The van der Waals surface area contributed by atoms with E-state index in [4.69, 9.17) is 0 Å². The average Bonchev–Trinajstić information content (AvgIpc) is 2.12. The zero-order valence-corrected chi connectivity index (χ0v) is 8.82. The lowest BCUT2D eigenvalue weighted by Crippen LogP contribution is -2.17. The molecule has 2 nitrogen and oxygen atoms in total. The van der Waals surface area contributed by atoms with E-state index in [0.29, 0.717) is 0 Å². The van der Waals surface area contributed by atoms with Gasteiger partial charge in [-0.3, -0.25) is 0 Å². The predicted molar refractivity (Wildman–Crippen MR) is 53.9 cm³/mol. The number of rotatable bonds is 1. The first-order chi connectivity index (χ1) is 7.47. The molecule has 0 radical (unpaired) electrons. The molecule has 0 aliphatic heterocycles. The van der Waals surface area contributed by atoms with Crippen molar-refractivity contribution in [2.24, 2.45) is 0 Å². The van der Waals surface area contributed by atoms with Gasteiger partial charge in [-0.25, -0.2) is 4.79 Å². The van der Waals surface area contributed by atoms with Crippen LogP contribution < -0.4 is 5.63 Å². The van der Waals surface area contributed by atoms with Crippen molar-refractivity contribution < 1.29 is 23.8 Å². The van der Waals surface area contributed by atoms with Gasteiger partial charge in [0.25, 0.3) is 0 Å². The summed E-state index contributed by atoms with van der Waals surface area (Å²) in [5.41, 5.74) is -2.26. The van der Waals surface area contributed by atoms with E-state index in [1.807, 2.05) is 0 Å². The van der Waals surface area contributed by atoms with Crippen LogP contribution >= 0.6 is 10.2 Å². The first-order valence-electron chi connectivity index (χ1n) is 4.24. The van der Waals surface area contributed by atoms with E-state index < -0.39 is 20.7 Å². The van der Waals surface area contributed by atoms with Crippen LogP contribution in [0, 0.1) is 0 Å². The molecule has 1 heterocycles. The van der Waals surface area contributed by atoms with Crippen LogP contribution in [0.1, 0.15) is 0 Å². The summed E-state index contributed by atoms with van der Waals surface area (Å²) in [6.45, 7) is 0. The molecule has 0 spiro atoms. The van der Waals surface area contributed by atoms with Gasteiger partial charge in [0.2, 0.25) is 0 Å². The Morgan fingerprint density at radius 3 is 2.18 bits per heavy atom. The van der Waals surface area contributed by atoms with Gasteiger partial charge in [-0.1, -0.05) is 37.6 Å². The van der Waals surface area contributed by atoms with Crippen LogP contribution in [-0.2, 0) is 0 Å². The van der Waals surface area contributed by atoms with Crippen LogP contribution in [0.15, 0.2) is 44.4 Å². The summed E-state index contributed by atoms with van der Waals surface area (Å²) >= 11 is 0. The minimum absolute atomic E-state index is 0.114. The number of hydrogen-bond donors (Lipinski definition) is 0. The molecule has 0 unspecified atom stereocenters. The number of hydrogen-bond acceptors (Lipinski definition) is 2. The Kier molecular flexibility index (Phi) is 1.84. The fraction of sp³-hybridized carbons (Fsp3) is 0. The van der Waals surface area contributed by atoms with Crippen LogP contribution in [0.5, 0.6) is 0 Å². The highest BCUT2D eigenvalue weighted by atomic mass is 32.5. The van der Waals surface area contributed by atoms with Crippen molar-refractivity contribution in [1.82, 2.24) is 0 Å². The molecule has 0 fully saturated rings. The molecule has 0 bridgehead atoms. The molecule has 2 rings (SSSR count). The van der Waals surface area contributed by atoms with Crippen molar-refractivity contribution in [1.29, 1.82) is 0 Å². The standard InChI is InChI=1S/C9H5F5O2S/c10-17(11,12,13,14)8-5-6-3-1-2-4-7(6)16-9(8)15/h1-5H. The molecule has 1 aromatic carbocycles. The summed E-state index contributed by atoms with van der Waals surface area (Å²) in [5.74, 6) is 0. The molecular formula is C9H5F5O2S. The Balaban J connectivity index is 2.91. The van der Waals surface area contributed by atoms with Crippen LogP contribution in [0.25, 0.3) is 11.0 Å². The summed E-state index contributed by atoms with van der Waals surface area (Å²) < 4.78 is 66.6. The summed E-state index contributed by atoms with van der Waals surface area (Å²) in [7, 11) is -10.0. The molecule has 0 aliphatic carbocycles. The van der Waals surface area contributed by atoms with E-state index in [-0.39, 0.29) is 17.0 Å². The zero-order valence-electron chi connectivity index (χ0n) is 8.00. The first-order valence-corrected chi connectivity index (χ1v) is 6.19. The van der Waals surface area contributed by atoms with E-state index >= 15 is 0 Å². The third-order valence-electron chi connectivity index (χ3n) is 2.03. The topological polar surface area (TPSA) is 30.2 Å². The van der Waals surface area contributed by atoms with Crippen LogP contribution in [0.2, 0.25) is 0 Å². The third kappa shape index (κ3) is 2.26. The Hall–Kier alpha value is -1.57. The van der Waals surface area contributed by atoms with E-state index in [0.717, 1.165) is 6.07 Å². The SMILES string of the molecule is O=c1oc2ccccc2cc1S(F)(F)(F)(F)F. The van der Waals surface area contributed by atoms with E-state index in [1.165, 1.54) is 18.2 Å². The molecule has 94 valence electrons. The van der Waals surface area contributed by atoms with Crippen molar-refractivity contribution in [3.05, 3.63) is 40.8 Å².